The van der Waals surface area contributed by atoms with Gasteiger partial charge < -0.3 is 19.6 Å². The van der Waals surface area contributed by atoms with Gasteiger partial charge in [0.05, 0.1) is 18.7 Å². The second-order valence-electron chi connectivity index (χ2n) is 7.04. The third-order valence-electron chi connectivity index (χ3n) is 5.43. The van der Waals surface area contributed by atoms with Crippen molar-refractivity contribution in [2.75, 3.05) is 33.3 Å². The minimum atomic E-state index is -0.694. The van der Waals surface area contributed by atoms with Crippen molar-refractivity contribution >= 4 is 17.4 Å². The van der Waals surface area contributed by atoms with E-state index in [0.29, 0.717) is 30.0 Å². The molecule has 1 saturated heterocycles. The molecule has 2 heterocycles. The standard InChI is InChI=1S/C23H27N3O4/c1-4-25(5-2)12-13-26-20(17-9-7-11-24-15-17)19(22(28)23(26)29)21(27)16-8-6-10-18(14-16)30-3/h6-11,14-15,20,27H,4-5,12-13H2,1-3H3. The monoisotopic (exact) mass is 409 g/mol. The largest absolute Gasteiger partial charge is 0.507 e. The Hall–Kier alpha value is -3.19. The number of ketones is 1. The van der Waals surface area contributed by atoms with Gasteiger partial charge in [0.25, 0.3) is 11.7 Å². The maximum Gasteiger partial charge on any atom is 0.295 e. The van der Waals surface area contributed by atoms with Gasteiger partial charge >= 0.3 is 0 Å². The van der Waals surface area contributed by atoms with Crippen LogP contribution in [0.15, 0.2) is 54.4 Å². The summed E-state index contributed by atoms with van der Waals surface area (Å²) >= 11 is 0. The maximum absolute atomic E-state index is 13.0. The van der Waals surface area contributed by atoms with Gasteiger partial charge in [0.1, 0.15) is 11.5 Å². The molecule has 0 bridgehead atoms. The Balaban J connectivity index is 2.08. The smallest absolute Gasteiger partial charge is 0.295 e. The van der Waals surface area contributed by atoms with E-state index in [1.54, 1.807) is 42.7 Å². The third-order valence-corrected chi connectivity index (χ3v) is 5.43. The van der Waals surface area contributed by atoms with Crippen LogP contribution in [0.4, 0.5) is 0 Å². The number of benzene rings is 1. The van der Waals surface area contributed by atoms with Crippen LogP contribution in [0.1, 0.15) is 31.0 Å². The molecule has 1 aromatic carbocycles. The van der Waals surface area contributed by atoms with Crippen LogP contribution < -0.4 is 4.74 Å². The van der Waals surface area contributed by atoms with Crippen LogP contribution in [0.5, 0.6) is 5.75 Å². The van der Waals surface area contributed by atoms with Gasteiger partial charge in [-0.2, -0.15) is 0 Å². The highest BCUT2D eigenvalue weighted by atomic mass is 16.5. The number of aliphatic hydroxyl groups is 1. The Bertz CT molecular complexity index is 938. The number of pyridine rings is 1. The molecular weight excluding hydrogens is 382 g/mol. The Morgan fingerprint density at radius 1 is 1.20 bits per heavy atom. The third kappa shape index (κ3) is 4.21. The van der Waals surface area contributed by atoms with Crippen LogP contribution in [0, 0.1) is 0 Å². The van der Waals surface area contributed by atoms with Gasteiger partial charge in [-0.15, -0.1) is 0 Å². The number of Topliss-reactive ketones (excluding diaryl/α,β-unsaturated/α-hetero) is 1. The number of rotatable bonds is 8. The molecule has 3 rings (SSSR count). The number of hydrogen-bond acceptors (Lipinski definition) is 6. The molecule has 0 radical (unpaired) electrons. The van der Waals surface area contributed by atoms with E-state index in [0.717, 1.165) is 13.1 Å². The van der Waals surface area contributed by atoms with Crippen LogP contribution in [-0.4, -0.2) is 64.9 Å². The van der Waals surface area contributed by atoms with E-state index in [9.17, 15) is 14.7 Å². The summed E-state index contributed by atoms with van der Waals surface area (Å²) in [6.45, 7) is 6.82. The fourth-order valence-corrected chi connectivity index (χ4v) is 3.71. The fourth-order valence-electron chi connectivity index (χ4n) is 3.71. The highest BCUT2D eigenvalue weighted by molar-refractivity contribution is 6.46. The molecule has 158 valence electrons. The Morgan fingerprint density at radius 3 is 2.60 bits per heavy atom. The van der Waals surface area contributed by atoms with Gasteiger partial charge in [0.2, 0.25) is 0 Å². The molecule has 1 N–H and O–H groups in total. The molecule has 0 saturated carbocycles. The number of methoxy groups -OCH3 is 1. The molecule has 1 aromatic heterocycles. The zero-order valence-electron chi connectivity index (χ0n) is 17.5. The number of hydrogen-bond donors (Lipinski definition) is 1. The number of likely N-dealkylation sites (tertiary alicyclic amines) is 1. The van der Waals surface area contributed by atoms with Crippen molar-refractivity contribution in [1.29, 1.82) is 0 Å². The van der Waals surface area contributed by atoms with E-state index < -0.39 is 17.7 Å². The van der Waals surface area contributed by atoms with Gasteiger partial charge in [-0.05, 0) is 36.9 Å². The van der Waals surface area contributed by atoms with Gasteiger partial charge in [-0.3, -0.25) is 14.6 Å². The molecule has 0 aliphatic carbocycles. The van der Waals surface area contributed by atoms with Crippen molar-refractivity contribution in [3.05, 3.63) is 65.5 Å². The maximum atomic E-state index is 13.0. The molecule has 1 aliphatic rings. The average molecular weight is 409 g/mol. The van der Waals surface area contributed by atoms with Crippen molar-refractivity contribution in [1.82, 2.24) is 14.8 Å². The van der Waals surface area contributed by atoms with Crippen LogP contribution in [-0.2, 0) is 9.59 Å². The van der Waals surface area contributed by atoms with Gasteiger partial charge in [-0.1, -0.05) is 32.0 Å². The highest BCUT2D eigenvalue weighted by Crippen LogP contribution is 2.39. The molecule has 7 heteroatoms. The quantitative estimate of drug-likeness (QED) is 0.410. The zero-order valence-corrected chi connectivity index (χ0v) is 17.5. The van der Waals surface area contributed by atoms with Crippen LogP contribution in [0.3, 0.4) is 0 Å². The Labute approximate surface area is 176 Å². The minimum Gasteiger partial charge on any atom is -0.507 e. The number of ether oxygens (including phenoxy) is 1. The van der Waals surface area contributed by atoms with E-state index in [2.05, 4.69) is 23.7 Å². The van der Waals surface area contributed by atoms with Gasteiger partial charge in [0, 0.05) is 31.0 Å². The number of nitrogens with zero attached hydrogens (tertiary/aromatic N) is 3. The molecule has 1 fully saturated rings. The number of aromatic nitrogens is 1. The number of likely N-dealkylation sites (N-methyl/N-ethyl adjacent to an activating group) is 1. The lowest BCUT2D eigenvalue weighted by Gasteiger charge is -2.28. The second kappa shape index (κ2) is 9.54. The van der Waals surface area contributed by atoms with E-state index in [4.69, 9.17) is 4.74 Å². The summed E-state index contributed by atoms with van der Waals surface area (Å²) in [5.41, 5.74) is 1.17. The first-order chi connectivity index (χ1) is 14.5. The minimum absolute atomic E-state index is 0.0702. The predicted octanol–water partition coefficient (Wildman–Crippen LogP) is 2.85. The Morgan fingerprint density at radius 2 is 1.97 bits per heavy atom. The second-order valence-corrected chi connectivity index (χ2v) is 7.04. The van der Waals surface area contributed by atoms with Gasteiger partial charge in [-0.25, -0.2) is 0 Å². The van der Waals surface area contributed by atoms with Crippen molar-refractivity contribution in [2.45, 2.75) is 19.9 Å². The molecule has 1 amide bonds. The summed E-state index contributed by atoms with van der Waals surface area (Å²) in [5, 5.41) is 11.0. The number of aliphatic hydroxyl groups excluding tert-OH is 1. The molecule has 30 heavy (non-hydrogen) atoms. The van der Waals surface area contributed by atoms with E-state index >= 15 is 0 Å². The Kier molecular flexibility index (Phi) is 6.84. The lowest BCUT2D eigenvalue weighted by molar-refractivity contribution is -0.140. The molecule has 1 atom stereocenters. The summed E-state index contributed by atoms with van der Waals surface area (Å²) in [4.78, 5) is 33.8. The molecule has 1 unspecified atom stereocenters. The highest BCUT2D eigenvalue weighted by Gasteiger charge is 2.46. The molecule has 2 aromatic rings. The number of carbonyl (C=O) groups excluding carboxylic acids is 2. The van der Waals surface area contributed by atoms with Gasteiger partial charge in [0.15, 0.2) is 0 Å². The van der Waals surface area contributed by atoms with Crippen molar-refractivity contribution < 1.29 is 19.4 Å². The van der Waals surface area contributed by atoms with E-state index in [1.165, 1.54) is 12.0 Å². The van der Waals surface area contributed by atoms with Crippen molar-refractivity contribution in [3.63, 3.8) is 0 Å². The van der Waals surface area contributed by atoms with E-state index in [1.807, 2.05) is 6.07 Å². The predicted molar refractivity (Wildman–Crippen MR) is 114 cm³/mol. The lowest BCUT2D eigenvalue weighted by atomic mass is 9.96. The lowest BCUT2D eigenvalue weighted by Crippen LogP contribution is -2.38. The summed E-state index contributed by atoms with van der Waals surface area (Å²) in [7, 11) is 1.53. The topological polar surface area (TPSA) is 83.0 Å². The fraction of sp³-hybridized carbons (Fsp3) is 0.348. The van der Waals surface area contributed by atoms with Crippen LogP contribution in [0.25, 0.3) is 5.76 Å². The van der Waals surface area contributed by atoms with Crippen molar-refractivity contribution in [3.8, 4) is 5.75 Å². The number of amides is 1. The molecule has 1 aliphatic heterocycles. The normalized spacial score (nSPS) is 18.3. The summed E-state index contributed by atoms with van der Waals surface area (Å²) in [5.74, 6) is -0.969. The average Bonchev–Trinajstić information content (AvgIpc) is 3.04. The van der Waals surface area contributed by atoms with Crippen molar-refractivity contribution in [2.24, 2.45) is 0 Å². The molecule has 0 spiro atoms. The zero-order chi connectivity index (χ0) is 21.7. The first-order valence-electron chi connectivity index (χ1n) is 10.1. The summed E-state index contributed by atoms with van der Waals surface area (Å²) in [6, 6.07) is 9.67. The van der Waals surface area contributed by atoms with Crippen LogP contribution in [0.2, 0.25) is 0 Å². The summed E-state index contributed by atoms with van der Waals surface area (Å²) < 4.78 is 5.23. The number of carbonyl (C=O) groups is 2. The van der Waals surface area contributed by atoms with E-state index in [-0.39, 0.29) is 11.3 Å². The molecule has 7 nitrogen and oxygen atoms in total. The van der Waals surface area contributed by atoms with Crippen LogP contribution >= 0.6 is 0 Å². The summed E-state index contributed by atoms with van der Waals surface area (Å²) in [6.07, 6.45) is 3.26. The first kappa shape index (κ1) is 21.5. The molecular formula is C23H27N3O4. The SMILES string of the molecule is CCN(CC)CCN1C(=O)C(=O)C(=C(O)c2cccc(OC)c2)C1c1cccnc1. The first-order valence-corrected chi connectivity index (χ1v) is 10.1.